The maximum absolute atomic E-state index is 13.0. The van der Waals surface area contributed by atoms with Crippen LogP contribution in [0.3, 0.4) is 0 Å². The van der Waals surface area contributed by atoms with Crippen molar-refractivity contribution in [3.63, 3.8) is 0 Å². The van der Waals surface area contributed by atoms with Crippen LogP contribution in [-0.2, 0) is 4.79 Å². The Morgan fingerprint density at radius 2 is 1.74 bits per heavy atom. The van der Waals surface area contributed by atoms with Gasteiger partial charge in [0, 0.05) is 25.1 Å². The summed E-state index contributed by atoms with van der Waals surface area (Å²) in [5.74, 6) is 2.24. The zero-order valence-corrected chi connectivity index (χ0v) is 16.1. The van der Waals surface area contributed by atoms with Gasteiger partial charge in [-0.25, -0.2) is 0 Å². The van der Waals surface area contributed by atoms with Crippen molar-refractivity contribution in [1.82, 2.24) is 4.90 Å². The van der Waals surface area contributed by atoms with E-state index in [1.54, 1.807) is 26.4 Å². The van der Waals surface area contributed by atoms with Crippen LogP contribution in [0.25, 0.3) is 0 Å². The number of hydrogen-bond acceptors (Lipinski definition) is 4. The number of nitrogens with one attached hydrogen (secondary N) is 1. The first-order valence-corrected chi connectivity index (χ1v) is 9.97. The van der Waals surface area contributed by atoms with Gasteiger partial charge in [-0.05, 0) is 50.0 Å². The maximum Gasteiger partial charge on any atom is 0.256 e. The number of hydrogen-bond donors (Lipinski definition) is 1. The molecule has 1 aromatic rings. The summed E-state index contributed by atoms with van der Waals surface area (Å²) in [5, 5.41) is 3.05. The Kier molecular flexibility index (Phi) is 4.98. The number of amides is 2. The van der Waals surface area contributed by atoms with Crippen LogP contribution in [0, 0.1) is 17.8 Å². The third kappa shape index (κ3) is 3.37. The van der Waals surface area contributed by atoms with E-state index in [0.29, 0.717) is 34.6 Å². The molecule has 146 valence electrons. The highest BCUT2D eigenvalue weighted by molar-refractivity contribution is 6.05. The van der Waals surface area contributed by atoms with E-state index in [-0.39, 0.29) is 17.7 Å². The number of fused-ring (bicyclic) bond motifs is 2. The Bertz CT molecular complexity index is 742. The minimum atomic E-state index is -0.0586. The molecular weight excluding hydrogens is 344 g/mol. The molecule has 2 saturated carbocycles. The predicted molar refractivity (Wildman–Crippen MR) is 102 cm³/mol. The topological polar surface area (TPSA) is 67.9 Å². The molecule has 1 aromatic carbocycles. The average molecular weight is 372 g/mol. The molecule has 1 saturated heterocycles. The van der Waals surface area contributed by atoms with Crippen molar-refractivity contribution in [1.29, 1.82) is 0 Å². The molecule has 6 nitrogen and oxygen atoms in total. The maximum atomic E-state index is 13.0. The summed E-state index contributed by atoms with van der Waals surface area (Å²) in [6.45, 7) is 1.51. The number of benzene rings is 1. The number of nitrogens with zero attached hydrogens (tertiary/aromatic N) is 1. The summed E-state index contributed by atoms with van der Waals surface area (Å²) in [4.78, 5) is 27.8. The van der Waals surface area contributed by atoms with Gasteiger partial charge in [0.2, 0.25) is 5.91 Å². The lowest BCUT2D eigenvalue weighted by Gasteiger charge is -2.23. The van der Waals surface area contributed by atoms with Crippen LogP contribution in [0.15, 0.2) is 12.1 Å². The molecule has 27 heavy (non-hydrogen) atoms. The molecule has 3 atom stereocenters. The largest absolute Gasteiger partial charge is 0.493 e. The van der Waals surface area contributed by atoms with E-state index >= 15 is 0 Å². The van der Waals surface area contributed by atoms with Crippen molar-refractivity contribution in [2.75, 3.05) is 32.6 Å². The van der Waals surface area contributed by atoms with Gasteiger partial charge in [0.15, 0.2) is 11.5 Å². The molecule has 6 heteroatoms. The highest BCUT2D eigenvalue weighted by Crippen LogP contribution is 2.48. The van der Waals surface area contributed by atoms with Crippen molar-refractivity contribution >= 4 is 17.5 Å². The lowest BCUT2D eigenvalue weighted by Crippen LogP contribution is -2.31. The second-order valence-electron chi connectivity index (χ2n) is 8.02. The lowest BCUT2D eigenvalue weighted by atomic mass is 9.88. The number of ether oxygens (including phenoxy) is 2. The van der Waals surface area contributed by atoms with Gasteiger partial charge in [-0.2, -0.15) is 0 Å². The van der Waals surface area contributed by atoms with E-state index in [2.05, 4.69) is 5.32 Å². The van der Waals surface area contributed by atoms with Crippen LogP contribution in [0.4, 0.5) is 5.69 Å². The normalized spacial score (nSPS) is 26.3. The molecule has 0 spiro atoms. The van der Waals surface area contributed by atoms with Gasteiger partial charge in [0.25, 0.3) is 5.91 Å². The van der Waals surface area contributed by atoms with Crippen molar-refractivity contribution in [2.24, 2.45) is 17.8 Å². The SMILES string of the molecule is COc1cc(NC(=O)C2CC3CCC2C3)c(C(=O)N2CCCC2)cc1OC. The van der Waals surface area contributed by atoms with Gasteiger partial charge in [-0.15, -0.1) is 0 Å². The first-order valence-electron chi connectivity index (χ1n) is 9.97. The van der Waals surface area contributed by atoms with Crippen LogP contribution in [0.5, 0.6) is 11.5 Å². The van der Waals surface area contributed by atoms with E-state index in [0.717, 1.165) is 38.8 Å². The highest BCUT2D eigenvalue weighted by atomic mass is 16.5. The van der Waals surface area contributed by atoms with E-state index in [9.17, 15) is 9.59 Å². The number of likely N-dealkylation sites (tertiary alicyclic amines) is 1. The van der Waals surface area contributed by atoms with E-state index in [1.807, 2.05) is 4.90 Å². The van der Waals surface area contributed by atoms with E-state index in [1.165, 1.54) is 12.8 Å². The molecule has 3 aliphatic rings. The Morgan fingerprint density at radius 3 is 2.33 bits per heavy atom. The molecule has 4 rings (SSSR count). The van der Waals surface area contributed by atoms with Crippen molar-refractivity contribution in [3.05, 3.63) is 17.7 Å². The smallest absolute Gasteiger partial charge is 0.256 e. The predicted octanol–water partition coefficient (Wildman–Crippen LogP) is 3.31. The molecule has 0 radical (unpaired) electrons. The van der Waals surface area contributed by atoms with Crippen molar-refractivity contribution in [2.45, 2.75) is 38.5 Å². The standard InChI is InChI=1S/C21H28N2O4/c1-26-18-11-16(21(25)23-7-3-4-8-23)17(12-19(18)27-2)22-20(24)15-10-13-5-6-14(15)9-13/h11-15H,3-10H2,1-2H3,(H,22,24). The van der Waals surface area contributed by atoms with Crippen LogP contribution >= 0.6 is 0 Å². The van der Waals surface area contributed by atoms with Crippen LogP contribution < -0.4 is 14.8 Å². The van der Waals surface area contributed by atoms with Crippen LogP contribution in [0.2, 0.25) is 0 Å². The van der Waals surface area contributed by atoms with Gasteiger partial charge in [0.1, 0.15) is 0 Å². The summed E-state index contributed by atoms with van der Waals surface area (Å²) in [6.07, 6.45) is 6.58. The quantitative estimate of drug-likeness (QED) is 0.861. The molecular formula is C21H28N2O4. The first kappa shape index (κ1) is 18.1. The Morgan fingerprint density at radius 1 is 1.04 bits per heavy atom. The molecule has 2 aliphatic carbocycles. The molecule has 1 heterocycles. The second-order valence-corrected chi connectivity index (χ2v) is 8.02. The lowest BCUT2D eigenvalue weighted by molar-refractivity contribution is -0.121. The van der Waals surface area contributed by atoms with Crippen LogP contribution in [-0.4, -0.2) is 44.0 Å². The van der Waals surface area contributed by atoms with Gasteiger partial charge in [-0.3, -0.25) is 9.59 Å². The van der Waals surface area contributed by atoms with Gasteiger partial charge in [-0.1, -0.05) is 6.42 Å². The summed E-state index contributed by atoms with van der Waals surface area (Å²) in [5.41, 5.74) is 1.00. The number of carbonyl (C=O) groups is 2. The van der Waals surface area contributed by atoms with E-state index in [4.69, 9.17) is 9.47 Å². The molecule has 2 bridgehead atoms. The number of anilines is 1. The third-order valence-electron chi connectivity index (χ3n) is 6.48. The Hall–Kier alpha value is -2.24. The Balaban J connectivity index is 1.62. The summed E-state index contributed by atoms with van der Waals surface area (Å²) in [7, 11) is 3.11. The average Bonchev–Trinajstić information content (AvgIpc) is 3.44. The molecule has 1 aliphatic heterocycles. The van der Waals surface area contributed by atoms with Crippen molar-refractivity contribution in [3.8, 4) is 11.5 Å². The first-order chi connectivity index (χ1) is 13.1. The summed E-state index contributed by atoms with van der Waals surface area (Å²) < 4.78 is 10.8. The van der Waals surface area contributed by atoms with Crippen LogP contribution in [0.1, 0.15) is 48.9 Å². The minimum Gasteiger partial charge on any atom is -0.493 e. The fourth-order valence-electron chi connectivity index (χ4n) is 5.04. The van der Waals surface area contributed by atoms with Gasteiger partial charge < -0.3 is 19.7 Å². The van der Waals surface area contributed by atoms with E-state index < -0.39 is 0 Å². The third-order valence-corrected chi connectivity index (χ3v) is 6.48. The molecule has 3 unspecified atom stereocenters. The Labute approximate surface area is 160 Å². The fourth-order valence-corrected chi connectivity index (χ4v) is 5.04. The molecule has 1 N–H and O–H groups in total. The fraction of sp³-hybridized carbons (Fsp3) is 0.619. The molecule has 3 fully saturated rings. The summed E-state index contributed by atoms with van der Waals surface area (Å²) in [6, 6.07) is 3.41. The zero-order valence-electron chi connectivity index (χ0n) is 16.1. The van der Waals surface area contributed by atoms with Gasteiger partial charge in [0.05, 0.1) is 25.5 Å². The highest BCUT2D eigenvalue weighted by Gasteiger charge is 2.43. The second kappa shape index (κ2) is 7.41. The molecule has 0 aromatic heterocycles. The number of methoxy groups -OCH3 is 2. The summed E-state index contributed by atoms with van der Waals surface area (Å²) >= 11 is 0. The molecule has 2 amide bonds. The van der Waals surface area contributed by atoms with Crippen molar-refractivity contribution < 1.29 is 19.1 Å². The number of carbonyl (C=O) groups excluding carboxylic acids is 2. The number of rotatable bonds is 5. The monoisotopic (exact) mass is 372 g/mol. The van der Waals surface area contributed by atoms with Gasteiger partial charge >= 0.3 is 0 Å². The minimum absolute atomic E-state index is 0.0323. The zero-order chi connectivity index (χ0) is 19.0.